The molecule has 0 spiro atoms. The number of carbonyl (C=O) groups is 1. The SMILES string of the molecule is Cn1cncc1CCCC(=O)O. The van der Waals surface area contributed by atoms with Gasteiger partial charge in [0.25, 0.3) is 0 Å². The van der Waals surface area contributed by atoms with Crippen LogP contribution in [0.25, 0.3) is 0 Å². The lowest BCUT2D eigenvalue weighted by atomic mass is 10.2. The fourth-order valence-corrected chi connectivity index (χ4v) is 1.05. The lowest BCUT2D eigenvalue weighted by Crippen LogP contribution is -1.99. The highest BCUT2D eigenvalue weighted by atomic mass is 16.4. The Kier molecular flexibility index (Phi) is 2.85. The van der Waals surface area contributed by atoms with Gasteiger partial charge in [0.15, 0.2) is 0 Å². The maximum Gasteiger partial charge on any atom is 0.303 e. The summed E-state index contributed by atoms with van der Waals surface area (Å²) in [5.41, 5.74) is 1.08. The molecule has 4 heteroatoms. The number of aryl methyl sites for hydroxylation is 2. The Morgan fingerprint density at radius 3 is 3.00 bits per heavy atom. The van der Waals surface area contributed by atoms with Crippen LogP contribution in [0, 0.1) is 0 Å². The van der Waals surface area contributed by atoms with E-state index in [0.29, 0.717) is 6.42 Å². The van der Waals surface area contributed by atoms with Gasteiger partial charge in [0.05, 0.1) is 6.33 Å². The number of aliphatic carboxylic acids is 1. The first-order valence-electron chi connectivity index (χ1n) is 3.87. The number of hydrogen-bond donors (Lipinski definition) is 1. The highest BCUT2D eigenvalue weighted by Crippen LogP contribution is 2.02. The largest absolute Gasteiger partial charge is 0.481 e. The van der Waals surface area contributed by atoms with Gasteiger partial charge in [0.2, 0.25) is 0 Å². The van der Waals surface area contributed by atoms with Crippen LogP contribution in [0.15, 0.2) is 12.5 Å². The molecule has 0 radical (unpaired) electrons. The molecule has 0 fully saturated rings. The van der Waals surface area contributed by atoms with Gasteiger partial charge in [-0.25, -0.2) is 4.98 Å². The predicted octanol–water partition coefficient (Wildman–Crippen LogP) is 0.827. The molecule has 1 aromatic rings. The van der Waals surface area contributed by atoms with Crippen LogP contribution in [0.1, 0.15) is 18.5 Å². The summed E-state index contributed by atoms with van der Waals surface area (Å²) < 4.78 is 1.90. The summed E-state index contributed by atoms with van der Waals surface area (Å²) in [6.45, 7) is 0. The van der Waals surface area contributed by atoms with Gasteiger partial charge in [-0.3, -0.25) is 4.79 Å². The number of aromatic nitrogens is 2. The van der Waals surface area contributed by atoms with E-state index >= 15 is 0 Å². The summed E-state index contributed by atoms with van der Waals surface area (Å²) in [7, 11) is 1.91. The molecule has 0 atom stereocenters. The van der Waals surface area contributed by atoms with Crippen LogP contribution in [0.2, 0.25) is 0 Å². The second kappa shape index (κ2) is 3.90. The van der Waals surface area contributed by atoms with Crippen molar-refractivity contribution in [3.05, 3.63) is 18.2 Å². The van der Waals surface area contributed by atoms with Gasteiger partial charge in [-0.15, -0.1) is 0 Å². The van der Waals surface area contributed by atoms with E-state index in [9.17, 15) is 4.79 Å². The second-order valence-corrected chi connectivity index (χ2v) is 2.74. The molecule has 0 saturated heterocycles. The predicted molar refractivity (Wildman–Crippen MR) is 43.8 cm³/mol. The minimum Gasteiger partial charge on any atom is -0.481 e. The van der Waals surface area contributed by atoms with Gasteiger partial charge < -0.3 is 9.67 Å². The molecule has 1 aromatic heterocycles. The van der Waals surface area contributed by atoms with Crippen molar-refractivity contribution in [3.63, 3.8) is 0 Å². The molecule has 12 heavy (non-hydrogen) atoms. The van der Waals surface area contributed by atoms with Gasteiger partial charge in [-0.2, -0.15) is 0 Å². The number of carboxylic acids is 1. The minimum absolute atomic E-state index is 0.227. The van der Waals surface area contributed by atoms with E-state index in [-0.39, 0.29) is 6.42 Å². The Morgan fingerprint density at radius 2 is 2.50 bits per heavy atom. The molecule has 66 valence electrons. The third-order valence-electron chi connectivity index (χ3n) is 1.74. The number of imidazole rings is 1. The number of nitrogens with zero attached hydrogens (tertiary/aromatic N) is 2. The van der Waals surface area contributed by atoms with Crippen molar-refractivity contribution >= 4 is 5.97 Å². The first kappa shape index (κ1) is 8.77. The monoisotopic (exact) mass is 168 g/mol. The molecule has 1 N–H and O–H groups in total. The molecule has 0 aromatic carbocycles. The zero-order valence-corrected chi connectivity index (χ0v) is 7.03. The molecule has 0 saturated carbocycles. The van der Waals surface area contributed by atoms with Crippen molar-refractivity contribution in [2.45, 2.75) is 19.3 Å². The minimum atomic E-state index is -0.739. The second-order valence-electron chi connectivity index (χ2n) is 2.74. The van der Waals surface area contributed by atoms with E-state index in [4.69, 9.17) is 5.11 Å². The van der Waals surface area contributed by atoms with Crippen LogP contribution in [0.5, 0.6) is 0 Å². The molecule has 0 amide bonds. The maximum absolute atomic E-state index is 10.2. The standard InChI is InChI=1S/C8H12N2O2/c1-10-6-9-5-7(10)3-2-4-8(11)12/h5-6H,2-4H2,1H3,(H,11,12). The fourth-order valence-electron chi connectivity index (χ4n) is 1.05. The topological polar surface area (TPSA) is 55.1 Å². The Balaban J connectivity index is 2.33. The van der Waals surface area contributed by atoms with Crippen molar-refractivity contribution in [2.24, 2.45) is 7.05 Å². The highest BCUT2D eigenvalue weighted by molar-refractivity contribution is 5.66. The van der Waals surface area contributed by atoms with Crippen molar-refractivity contribution < 1.29 is 9.90 Å². The average molecular weight is 168 g/mol. The number of carboxylic acid groups (broad SMARTS) is 1. The zero-order valence-electron chi connectivity index (χ0n) is 7.03. The molecule has 0 aliphatic carbocycles. The molecular formula is C8H12N2O2. The van der Waals surface area contributed by atoms with Crippen LogP contribution in [0.4, 0.5) is 0 Å². The smallest absolute Gasteiger partial charge is 0.303 e. The lowest BCUT2D eigenvalue weighted by molar-refractivity contribution is -0.137. The number of hydrogen-bond acceptors (Lipinski definition) is 2. The summed E-state index contributed by atoms with van der Waals surface area (Å²) in [6.07, 6.45) is 5.17. The van der Waals surface area contributed by atoms with E-state index in [1.54, 1.807) is 12.5 Å². The van der Waals surface area contributed by atoms with E-state index in [2.05, 4.69) is 4.98 Å². The van der Waals surface area contributed by atoms with Crippen molar-refractivity contribution in [1.29, 1.82) is 0 Å². The molecule has 1 rings (SSSR count). The Bertz CT molecular complexity index is 268. The van der Waals surface area contributed by atoms with Gasteiger partial charge in [-0.05, 0) is 12.8 Å². The molecule has 1 heterocycles. The van der Waals surface area contributed by atoms with Crippen molar-refractivity contribution in [1.82, 2.24) is 9.55 Å². The van der Waals surface area contributed by atoms with E-state index < -0.39 is 5.97 Å². The fraction of sp³-hybridized carbons (Fsp3) is 0.500. The average Bonchev–Trinajstić information content (AvgIpc) is 2.36. The Morgan fingerprint density at radius 1 is 1.75 bits per heavy atom. The summed E-state index contributed by atoms with van der Waals surface area (Å²) in [5.74, 6) is -0.739. The van der Waals surface area contributed by atoms with Gasteiger partial charge >= 0.3 is 5.97 Å². The van der Waals surface area contributed by atoms with Crippen LogP contribution in [-0.4, -0.2) is 20.6 Å². The summed E-state index contributed by atoms with van der Waals surface area (Å²) in [5, 5.41) is 8.39. The van der Waals surface area contributed by atoms with E-state index in [0.717, 1.165) is 12.1 Å². The summed E-state index contributed by atoms with van der Waals surface area (Å²) >= 11 is 0. The van der Waals surface area contributed by atoms with E-state index in [1.165, 1.54) is 0 Å². The molecular weight excluding hydrogens is 156 g/mol. The first-order valence-corrected chi connectivity index (χ1v) is 3.87. The molecule has 4 nitrogen and oxygen atoms in total. The zero-order chi connectivity index (χ0) is 8.97. The normalized spacial score (nSPS) is 10.1. The van der Waals surface area contributed by atoms with Crippen LogP contribution >= 0.6 is 0 Å². The molecule has 0 aliphatic heterocycles. The Labute approximate surface area is 70.9 Å². The molecule has 0 aliphatic rings. The summed E-state index contributed by atoms with van der Waals surface area (Å²) in [4.78, 5) is 14.1. The molecule has 0 unspecified atom stereocenters. The van der Waals surface area contributed by atoms with Crippen LogP contribution < -0.4 is 0 Å². The van der Waals surface area contributed by atoms with E-state index in [1.807, 2.05) is 11.6 Å². The molecule has 0 bridgehead atoms. The summed E-state index contributed by atoms with van der Waals surface area (Å²) in [6, 6.07) is 0. The third kappa shape index (κ3) is 2.38. The Hall–Kier alpha value is -1.32. The van der Waals surface area contributed by atoms with Crippen molar-refractivity contribution in [3.8, 4) is 0 Å². The van der Waals surface area contributed by atoms with Gasteiger partial charge in [-0.1, -0.05) is 0 Å². The lowest BCUT2D eigenvalue weighted by Gasteiger charge is -1.99. The maximum atomic E-state index is 10.2. The van der Waals surface area contributed by atoms with Crippen LogP contribution in [0.3, 0.4) is 0 Å². The number of rotatable bonds is 4. The highest BCUT2D eigenvalue weighted by Gasteiger charge is 2.00. The van der Waals surface area contributed by atoms with Crippen molar-refractivity contribution in [2.75, 3.05) is 0 Å². The first-order chi connectivity index (χ1) is 5.70. The van der Waals surface area contributed by atoms with Gasteiger partial charge in [0.1, 0.15) is 0 Å². The van der Waals surface area contributed by atoms with Crippen LogP contribution in [-0.2, 0) is 18.3 Å². The van der Waals surface area contributed by atoms with Gasteiger partial charge in [0, 0.05) is 25.4 Å². The quantitative estimate of drug-likeness (QED) is 0.724. The third-order valence-corrected chi connectivity index (χ3v) is 1.74.